The molecule has 0 atom stereocenters. The molecular formula is C20H20N2O6. The molecule has 0 bridgehead atoms. The third-order valence-corrected chi connectivity index (χ3v) is 4.41. The van der Waals surface area contributed by atoms with Gasteiger partial charge in [-0.25, -0.2) is 4.79 Å². The van der Waals surface area contributed by atoms with E-state index in [-0.39, 0.29) is 23.6 Å². The quantitative estimate of drug-likeness (QED) is 0.446. The monoisotopic (exact) mass is 384 g/mol. The smallest absolute Gasteiger partial charge is 0.338 e. The van der Waals surface area contributed by atoms with Gasteiger partial charge in [-0.3, -0.25) is 14.9 Å². The standard InChI is InChI=1S/C20H20N2O6/c1-2-27-18-9-7-15(11-17(18)22(25)26)20(24)28-12-19(23)21-16-8-6-13-4-3-5-14(13)10-16/h6-11H,2-5,12H2,1H3,(H,21,23). The van der Waals surface area contributed by atoms with Gasteiger partial charge in [0.05, 0.1) is 17.1 Å². The number of hydrogen-bond acceptors (Lipinski definition) is 6. The lowest BCUT2D eigenvalue weighted by atomic mass is 10.1. The second-order valence-electron chi connectivity index (χ2n) is 6.33. The van der Waals surface area contributed by atoms with Crippen molar-refractivity contribution < 1.29 is 24.0 Å². The third-order valence-electron chi connectivity index (χ3n) is 4.41. The van der Waals surface area contributed by atoms with Gasteiger partial charge in [-0.1, -0.05) is 6.07 Å². The first kappa shape index (κ1) is 19.3. The molecule has 0 aliphatic heterocycles. The molecular weight excluding hydrogens is 364 g/mol. The highest BCUT2D eigenvalue weighted by Crippen LogP contribution is 2.28. The number of aryl methyl sites for hydroxylation is 2. The Balaban J connectivity index is 1.59. The van der Waals surface area contributed by atoms with Crippen LogP contribution in [0.2, 0.25) is 0 Å². The fourth-order valence-electron chi connectivity index (χ4n) is 3.13. The fourth-order valence-corrected chi connectivity index (χ4v) is 3.13. The van der Waals surface area contributed by atoms with Crippen LogP contribution in [0.15, 0.2) is 36.4 Å². The van der Waals surface area contributed by atoms with Crippen molar-refractivity contribution in [3.63, 3.8) is 0 Å². The van der Waals surface area contributed by atoms with Crippen molar-refractivity contribution in [1.82, 2.24) is 0 Å². The van der Waals surface area contributed by atoms with Gasteiger partial charge < -0.3 is 14.8 Å². The van der Waals surface area contributed by atoms with Gasteiger partial charge in [-0.2, -0.15) is 0 Å². The normalized spacial score (nSPS) is 12.2. The molecule has 1 amide bonds. The highest BCUT2D eigenvalue weighted by molar-refractivity contribution is 5.96. The first-order valence-electron chi connectivity index (χ1n) is 8.98. The van der Waals surface area contributed by atoms with Gasteiger partial charge in [0.25, 0.3) is 5.91 Å². The summed E-state index contributed by atoms with van der Waals surface area (Å²) in [7, 11) is 0. The first-order chi connectivity index (χ1) is 13.5. The third kappa shape index (κ3) is 4.46. The molecule has 146 valence electrons. The number of nitrogens with zero attached hydrogens (tertiary/aromatic N) is 1. The van der Waals surface area contributed by atoms with E-state index in [2.05, 4.69) is 5.32 Å². The van der Waals surface area contributed by atoms with Crippen LogP contribution < -0.4 is 10.1 Å². The highest BCUT2D eigenvalue weighted by Gasteiger charge is 2.20. The molecule has 0 heterocycles. The summed E-state index contributed by atoms with van der Waals surface area (Å²) < 4.78 is 10.1. The fraction of sp³-hybridized carbons (Fsp3) is 0.300. The molecule has 2 aromatic rings. The average molecular weight is 384 g/mol. The van der Waals surface area contributed by atoms with Crippen molar-refractivity contribution in [2.45, 2.75) is 26.2 Å². The van der Waals surface area contributed by atoms with Crippen molar-refractivity contribution >= 4 is 23.3 Å². The van der Waals surface area contributed by atoms with E-state index in [1.54, 1.807) is 6.92 Å². The first-order valence-corrected chi connectivity index (χ1v) is 8.98. The zero-order chi connectivity index (χ0) is 20.1. The van der Waals surface area contributed by atoms with E-state index in [4.69, 9.17) is 9.47 Å². The van der Waals surface area contributed by atoms with Crippen LogP contribution in [0.25, 0.3) is 0 Å². The highest BCUT2D eigenvalue weighted by atomic mass is 16.6. The van der Waals surface area contributed by atoms with Crippen molar-refractivity contribution in [3.8, 4) is 5.75 Å². The predicted molar refractivity (Wildman–Crippen MR) is 102 cm³/mol. The molecule has 1 aliphatic carbocycles. The average Bonchev–Trinajstić information content (AvgIpc) is 3.14. The minimum Gasteiger partial charge on any atom is -0.487 e. The SMILES string of the molecule is CCOc1ccc(C(=O)OCC(=O)Nc2ccc3c(c2)CCC3)cc1[N+](=O)[O-]. The van der Waals surface area contributed by atoms with Crippen LogP contribution in [0, 0.1) is 10.1 Å². The van der Waals surface area contributed by atoms with Crippen LogP contribution in [0.5, 0.6) is 5.75 Å². The number of esters is 1. The number of ether oxygens (including phenoxy) is 2. The lowest BCUT2D eigenvalue weighted by Gasteiger charge is -2.09. The second kappa shape index (κ2) is 8.51. The van der Waals surface area contributed by atoms with E-state index in [0.29, 0.717) is 5.69 Å². The molecule has 8 nitrogen and oxygen atoms in total. The molecule has 0 aromatic heterocycles. The topological polar surface area (TPSA) is 108 Å². The Labute approximate surface area is 161 Å². The van der Waals surface area contributed by atoms with E-state index >= 15 is 0 Å². The van der Waals surface area contributed by atoms with E-state index in [9.17, 15) is 19.7 Å². The van der Waals surface area contributed by atoms with Gasteiger partial charge in [0.15, 0.2) is 12.4 Å². The number of rotatable bonds is 7. The van der Waals surface area contributed by atoms with E-state index < -0.39 is 23.4 Å². The summed E-state index contributed by atoms with van der Waals surface area (Å²) in [6, 6.07) is 9.51. The molecule has 0 spiro atoms. The van der Waals surface area contributed by atoms with Gasteiger partial charge in [0, 0.05) is 11.8 Å². The lowest BCUT2D eigenvalue weighted by molar-refractivity contribution is -0.385. The number of nitrogens with one attached hydrogen (secondary N) is 1. The van der Waals surface area contributed by atoms with Gasteiger partial charge in [0.2, 0.25) is 0 Å². The number of nitro benzene ring substituents is 1. The summed E-state index contributed by atoms with van der Waals surface area (Å²) in [6.45, 7) is 1.47. The van der Waals surface area contributed by atoms with E-state index in [0.717, 1.165) is 25.3 Å². The molecule has 0 unspecified atom stereocenters. The molecule has 0 fully saturated rings. The zero-order valence-electron chi connectivity index (χ0n) is 15.4. The molecule has 28 heavy (non-hydrogen) atoms. The van der Waals surface area contributed by atoms with Gasteiger partial charge in [-0.15, -0.1) is 0 Å². The second-order valence-corrected chi connectivity index (χ2v) is 6.33. The van der Waals surface area contributed by atoms with E-state index in [1.807, 2.05) is 18.2 Å². The van der Waals surface area contributed by atoms with Crippen LogP contribution in [0.1, 0.15) is 34.8 Å². The van der Waals surface area contributed by atoms with Crippen LogP contribution >= 0.6 is 0 Å². The van der Waals surface area contributed by atoms with Crippen molar-refractivity contribution in [2.24, 2.45) is 0 Å². The maximum atomic E-state index is 12.1. The number of benzene rings is 2. The Bertz CT molecular complexity index is 925. The maximum Gasteiger partial charge on any atom is 0.338 e. The minimum absolute atomic E-state index is 0.0273. The van der Waals surface area contributed by atoms with E-state index in [1.165, 1.54) is 23.3 Å². The van der Waals surface area contributed by atoms with Crippen LogP contribution in [-0.2, 0) is 22.4 Å². The number of hydrogen-bond donors (Lipinski definition) is 1. The Morgan fingerprint density at radius 1 is 1.14 bits per heavy atom. The van der Waals surface area contributed by atoms with Gasteiger partial charge in [0.1, 0.15) is 0 Å². The number of amides is 1. The van der Waals surface area contributed by atoms with Crippen molar-refractivity contribution in [3.05, 3.63) is 63.2 Å². The van der Waals surface area contributed by atoms with Gasteiger partial charge >= 0.3 is 11.7 Å². The van der Waals surface area contributed by atoms with Crippen LogP contribution in [0.3, 0.4) is 0 Å². The molecule has 1 aliphatic rings. The molecule has 0 radical (unpaired) electrons. The molecule has 0 saturated heterocycles. The molecule has 1 N–H and O–H groups in total. The summed E-state index contributed by atoms with van der Waals surface area (Å²) in [6.07, 6.45) is 3.15. The Hall–Kier alpha value is -3.42. The molecule has 8 heteroatoms. The zero-order valence-corrected chi connectivity index (χ0v) is 15.4. The Kier molecular flexibility index (Phi) is 5.88. The predicted octanol–water partition coefficient (Wildman–Crippen LogP) is 3.28. The number of carbonyl (C=O) groups excluding carboxylic acids is 2. The summed E-state index contributed by atoms with van der Waals surface area (Å²) in [5.74, 6) is -1.24. The van der Waals surface area contributed by atoms with Gasteiger partial charge in [-0.05, 0) is 61.6 Å². The van der Waals surface area contributed by atoms with Crippen LogP contribution in [0.4, 0.5) is 11.4 Å². The summed E-state index contributed by atoms with van der Waals surface area (Å²) in [5, 5.41) is 13.8. The summed E-state index contributed by atoms with van der Waals surface area (Å²) in [5.41, 5.74) is 2.80. The molecule has 3 rings (SSSR count). The maximum absolute atomic E-state index is 12.1. The Morgan fingerprint density at radius 3 is 2.68 bits per heavy atom. The minimum atomic E-state index is -0.824. The summed E-state index contributed by atoms with van der Waals surface area (Å²) in [4.78, 5) is 34.7. The number of carbonyl (C=O) groups is 2. The van der Waals surface area contributed by atoms with Crippen molar-refractivity contribution in [1.29, 1.82) is 0 Å². The van der Waals surface area contributed by atoms with Crippen molar-refractivity contribution in [2.75, 3.05) is 18.5 Å². The number of anilines is 1. The number of nitro groups is 1. The molecule has 0 saturated carbocycles. The largest absolute Gasteiger partial charge is 0.487 e. The Morgan fingerprint density at radius 2 is 1.93 bits per heavy atom. The van der Waals surface area contributed by atoms with Crippen LogP contribution in [-0.4, -0.2) is 30.0 Å². The number of fused-ring (bicyclic) bond motifs is 1. The molecule has 2 aromatic carbocycles. The summed E-state index contributed by atoms with van der Waals surface area (Å²) >= 11 is 0. The lowest BCUT2D eigenvalue weighted by Crippen LogP contribution is -2.21.